The second-order valence-corrected chi connectivity index (χ2v) is 4.11. The summed E-state index contributed by atoms with van der Waals surface area (Å²) in [4.78, 5) is 1.91. The van der Waals surface area contributed by atoms with E-state index in [-0.39, 0.29) is 5.54 Å². The van der Waals surface area contributed by atoms with Crippen molar-refractivity contribution < 1.29 is 4.74 Å². The second kappa shape index (κ2) is 2.37. The number of nitrogens with zero attached hydrogens (tertiary/aromatic N) is 2. The van der Waals surface area contributed by atoms with E-state index < -0.39 is 0 Å². The van der Waals surface area contributed by atoms with Crippen molar-refractivity contribution in [1.82, 2.24) is 4.90 Å². The Morgan fingerprint density at radius 3 is 2.83 bits per heavy atom. The summed E-state index contributed by atoms with van der Waals surface area (Å²) < 4.78 is 5.56. The van der Waals surface area contributed by atoms with Gasteiger partial charge < -0.3 is 4.74 Å². The molecule has 2 atom stereocenters. The summed E-state index contributed by atoms with van der Waals surface area (Å²) in [6, 6.07) is 0. The normalized spacial score (nSPS) is 39.2. The van der Waals surface area contributed by atoms with Gasteiger partial charge in [0.1, 0.15) is 0 Å². The molecule has 0 aromatic heterocycles. The molecule has 2 aliphatic heterocycles. The van der Waals surface area contributed by atoms with Crippen LogP contribution in [0.15, 0.2) is 0 Å². The van der Waals surface area contributed by atoms with Crippen molar-refractivity contribution >= 4 is 0 Å². The molecule has 2 saturated heterocycles. The van der Waals surface area contributed by atoms with Crippen LogP contribution in [0.1, 0.15) is 20.3 Å². The quantitative estimate of drug-likeness (QED) is 0.544. The van der Waals surface area contributed by atoms with Gasteiger partial charge in [0, 0.05) is 6.42 Å². The molecule has 66 valence electrons. The van der Waals surface area contributed by atoms with Crippen LogP contribution >= 0.6 is 0 Å². The summed E-state index contributed by atoms with van der Waals surface area (Å²) in [6.45, 7) is 5.88. The molecule has 2 aliphatic rings. The van der Waals surface area contributed by atoms with E-state index in [9.17, 15) is 0 Å². The third-order valence-electron chi connectivity index (χ3n) is 3.27. The molecule has 2 rings (SSSR count). The Balaban J connectivity index is 2.27. The zero-order chi connectivity index (χ0) is 8.77. The van der Waals surface area contributed by atoms with E-state index in [4.69, 9.17) is 10.00 Å². The van der Waals surface area contributed by atoms with E-state index in [1.54, 1.807) is 0 Å². The molecule has 2 fully saturated rings. The largest absolute Gasteiger partial charge is 0.374 e. The molecule has 0 amide bonds. The summed E-state index contributed by atoms with van der Waals surface area (Å²) >= 11 is 0. The van der Waals surface area contributed by atoms with Gasteiger partial charge in [-0.3, -0.25) is 4.90 Å². The first-order chi connectivity index (χ1) is 5.69. The number of hydrogen-bond acceptors (Lipinski definition) is 3. The lowest BCUT2D eigenvalue weighted by atomic mass is 9.86. The Labute approximate surface area is 72.9 Å². The van der Waals surface area contributed by atoms with Gasteiger partial charge in [-0.05, 0) is 5.92 Å². The third kappa shape index (κ3) is 0.789. The van der Waals surface area contributed by atoms with Crippen molar-refractivity contribution in [1.29, 1.82) is 5.26 Å². The van der Waals surface area contributed by atoms with Crippen LogP contribution in [0.2, 0.25) is 0 Å². The molecule has 0 radical (unpaired) electrons. The fourth-order valence-electron chi connectivity index (χ4n) is 2.32. The summed E-state index contributed by atoms with van der Waals surface area (Å²) in [5.74, 6) is 0.504. The highest BCUT2D eigenvalue weighted by atomic mass is 16.5. The van der Waals surface area contributed by atoms with Gasteiger partial charge in [-0.25, -0.2) is 0 Å². The topological polar surface area (TPSA) is 36.3 Å². The molecule has 2 heterocycles. The van der Waals surface area contributed by atoms with Gasteiger partial charge in [-0.2, -0.15) is 5.26 Å². The van der Waals surface area contributed by atoms with E-state index in [1.807, 2.05) is 4.90 Å². The first kappa shape index (κ1) is 7.88. The van der Waals surface area contributed by atoms with Crippen molar-refractivity contribution in [3.63, 3.8) is 0 Å². The van der Waals surface area contributed by atoms with Gasteiger partial charge in [0.2, 0.25) is 0 Å². The molecule has 2 bridgehead atoms. The molecule has 12 heavy (non-hydrogen) atoms. The second-order valence-electron chi connectivity index (χ2n) is 4.11. The van der Waals surface area contributed by atoms with E-state index in [0.29, 0.717) is 12.0 Å². The van der Waals surface area contributed by atoms with Crippen LogP contribution in [0, 0.1) is 17.4 Å². The lowest BCUT2D eigenvalue weighted by molar-refractivity contribution is 0.000610. The number of hydrogen-bond donors (Lipinski definition) is 0. The smallest absolute Gasteiger partial charge is 0.180 e. The predicted molar refractivity (Wildman–Crippen MR) is 44.2 cm³/mol. The fourth-order valence-corrected chi connectivity index (χ4v) is 2.32. The van der Waals surface area contributed by atoms with Crippen LogP contribution in [-0.4, -0.2) is 29.7 Å². The van der Waals surface area contributed by atoms with E-state index in [2.05, 4.69) is 20.0 Å². The summed E-state index contributed by atoms with van der Waals surface area (Å²) in [7, 11) is 0. The van der Waals surface area contributed by atoms with Crippen LogP contribution in [0.5, 0.6) is 0 Å². The molecule has 0 spiro atoms. The number of rotatable bonds is 1. The highest BCUT2D eigenvalue weighted by Gasteiger charge is 2.53. The number of fused-ring (bicyclic) bond motifs is 2. The highest BCUT2D eigenvalue weighted by molar-refractivity contribution is 5.10. The van der Waals surface area contributed by atoms with Gasteiger partial charge in [0.15, 0.2) is 6.19 Å². The average molecular weight is 166 g/mol. The molecule has 0 N–H and O–H groups in total. The molecule has 0 saturated carbocycles. The maximum atomic E-state index is 8.92. The SMILES string of the molecule is CC(C)C12COC(CN1C#N)C2. The molecular weight excluding hydrogens is 152 g/mol. The zero-order valence-corrected chi connectivity index (χ0v) is 7.58. The first-order valence-electron chi connectivity index (χ1n) is 4.48. The summed E-state index contributed by atoms with van der Waals surface area (Å²) in [5, 5.41) is 8.92. The Hall–Kier alpha value is -0.750. The first-order valence-corrected chi connectivity index (χ1v) is 4.48. The number of nitriles is 1. The maximum Gasteiger partial charge on any atom is 0.180 e. The molecule has 3 heteroatoms. The minimum atomic E-state index is 0.0272. The predicted octanol–water partition coefficient (Wildman–Crippen LogP) is 0.967. The van der Waals surface area contributed by atoms with Crippen molar-refractivity contribution in [2.75, 3.05) is 13.2 Å². The van der Waals surface area contributed by atoms with Gasteiger partial charge in [0.25, 0.3) is 0 Å². The van der Waals surface area contributed by atoms with Crippen LogP contribution < -0.4 is 0 Å². The third-order valence-corrected chi connectivity index (χ3v) is 3.27. The molecule has 0 aromatic carbocycles. The fraction of sp³-hybridized carbons (Fsp3) is 0.889. The monoisotopic (exact) mass is 166 g/mol. The summed E-state index contributed by atoms with van der Waals surface area (Å²) in [6.07, 6.45) is 3.62. The van der Waals surface area contributed by atoms with E-state index >= 15 is 0 Å². The van der Waals surface area contributed by atoms with E-state index in [1.165, 1.54) is 0 Å². The lowest BCUT2D eigenvalue weighted by Gasteiger charge is -2.37. The minimum Gasteiger partial charge on any atom is -0.374 e. The van der Waals surface area contributed by atoms with Crippen molar-refractivity contribution in [2.24, 2.45) is 5.92 Å². The average Bonchev–Trinajstić information content (AvgIpc) is 2.60. The molecule has 0 aliphatic carbocycles. The van der Waals surface area contributed by atoms with Crippen molar-refractivity contribution in [3.8, 4) is 6.19 Å². The Morgan fingerprint density at radius 1 is 1.67 bits per heavy atom. The number of likely N-dealkylation sites (tertiary alicyclic amines) is 1. The molecular formula is C9H14N2O. The van der Waals surface area contributed by atoms with Crippen molar-refractivity contribution in [2.45, 2.75) is 31.9 Å². The van der Waals surface area contributed by atoms with Crippen LogP contribution in [0.3, 0.4) is 0 Å². The number of morpholine rings is 1. The van der Waals surface area contributed by atoms with Crippen LogP contribution in [-0.2, 0) is 4.74 Å². The van der Waals surface area contributed by atoms with Crippen LogP contribution in [0.4, 0.5) is 0 Å². The van der Waals surface area contributed by atoms with E-state index in [0.717, 1.165) is 19.6 Å². The summed E-state index contributed by atoms with van der Waals surface area (Å²) in [5.41, 5.74) is 0.0272. The van der Waals surface area contributed by atoms with Gasteiger partial charge in [-0.15, -0.1) is 0 Å². The van der Waals surface area contributed by atoms with Crippen molar-refractivity contribution in [3.05, 3.63) is 0 Å². The Morgan fingerprint density at radius 2 is 2.42 bits per heavy atom. The van der Waals surface area contributed by atoms with Crippen LogP contribution in [0.25, 0.3) is 0 Å². The highest BCUT2D eigenvalue weighted by Crippen LogP contribution is 2.42. The minimum absolute atomic E-state index is 0.0272. The Bertz CT molecular complexity index is 233. The van der Waals surface area contributed by atoms with Gasteiger partial charge >= 0.3 is 0 Å². The molecule has 3 nitrogen and oxygen atoms in total. The standard InChI is InChI=1S/C9H14N2O/c1-7(2)9-3-8(12-5-9)4-11(9)6-10/h7-8H,3-5H2,1-2H3. The molecule has 0 aromatic rings. The molecule has 2 unspecified atom stereocenters. The van der Waals surface area contributed by atoms with Gasteiger partial charge in [-0.1, -0.05) is 13.8 Å². The number of ether oxygens (including phenoxy) is 1. The van der Waals surface area contributed by atoms with Gasteiger partial charge in [0.05, 0.1) is 24.8 Å². The Kier molecular flexibility index (Phi) is 1.55. The maximum absolute atomic E-state index is 8.92. The zero-order valence-electron chi connectivity index (χ0n) is 7.58. The lowest BCUT2D eigenvalue weighted by Crippen LogP contribution is -2.49.